The van der Waals surface area contributed by atoms with Gasteiger partial charge in [0.05, 0.1) is 28.4 Å². The third kappa shape index (κ3) is 3.90. The first kappa shape index (κ1) is 20.4. The van der Waals surface area contributed by atoms with Crippen LogP contribution in [0.15, 0.2) is 54.9 Å². The van der Waals surface area contributed by atoms with Crippen LogP contribution >= 0.6 is 0 Å². The van der Waals surface area contributed by atoms with Crippen LogP contribution in [0, 0.1) is 6.92 Å². The van der Waals surface area contributed by atoms with E-state index in [1.165, 1.54) is 0 Å². The molecule has 3 aromatic heterocycles. The summed E-state index contributed by atoms with van der Waals surface area (Å²) in [6, 6.07) is 14.2. The molecule has 7 heteroatoms. The van der Waals surface area contributed by atoms with Crippen molar-refractivity contribution in [1.82, 2.24) is 29.9 Å². The van der Waals surface area contributed by atoms with Gasteiger partial charge in [0.15, 0.2) is 5.65 Å². The molecular formula is C25H28N6O. The van der Waals surface area contributed by atoms with Crippen LogP contribution in [-0.2, 0) is 0 Å². The van der Waals surface area contributed by atoms with Gasteiger partial charge in [-0.05, 0) is 56.9 Å². The van der Waals surface area contributed by atoms with Crippen LogP contribution in [0.3, 0.4) is 0 Å². The van der Waals surface area contributed by atoms with Gasteiger partial charge >= 0.3 is 0 Å². The summed E-state index contributed by atoms with van der Waals surface area (Å²) in [7, 11) is 0. The minimum absolute atomic E-state index is 0.0645. The highest BCUT2D eigenvalue weighted by Crippen LogP contribution is 2.40. The minimum Gasteiger partial charge on any atom is -0.352 e. The molecule has 1 aliphatic carbocycles. The van der Waals surface area contributed by atoms with E-state index in [0.29, 0.717) is 18.0 Å². The molecule has 1 N–H and O–H groups in total. The molecule has 3 heterocycles. The minimum atomic E-state index is -0.0645. The molecule has 0 saturated heterocycles. The van der Waals surface area contributed by atoms with Crippen molar-refractivity contribution in [3.8, 4) is 5.69 Å². The lowest BCUT2D eigenvalue weighted by molar-refractivity contribution is 0.0952. The molecule has 164 valence electrons. The van der Waals surface area contributed by atoms with Crippen molar-refractivity contribution in [2.75, 3.05) is 6.54 Å². The summed E-state index contributed by atoms with van der Waals surface area (Å²) in [6.07, 6.45) is 7.81. The predicted molar refractivity (Wildman–Crippen MR) is 124 cm³/mol. The summed E-state index contributed by atoms with van der Waals surface area (Å²) in [5.41, 5.74) is 4.17. The molecule has 1 aliphatic rings. The van der Waals surface area contributed by atoms with E-state index >= 15 is 0 Å². The molecule has 0 radical (unpaired) electrons. The number of pyridine rings is 1. The molecule has 5 rings (SSSR count). The topological polar surface area (TPSA) is 77.6 Å². The number of carbonyl (C=O) groups is 1. The maximum Gasteiger partial charge on any atom is 0.252 e. The number of nitrogens with one attached hydrogen (secondary N) is 1. The average molecular weight is 429 g/mol. The molecule has 7 nitrogen and oxygen atoms in total. The maximum atomic E-state index is 13.3. The van der Waals surface area contributed by atoms with E-state index in [-0.39, 0.29) is 11.9 Å². The first-order chi connectivity index (χ1) is 15.7. The summed E-state index contributed by atoms with van der Waals surface area (Å²) in [5.74, 6) is 0.375. The Labute approximate surface area is 187 Å². The van der Waals surface area contributed by atoms with Crippen molar-refractivity contribution in [3.05, 3.63) is 71.8 Å². The van der Waals surface area contributed by atoms with Gasteiger partial charge < -0.3 is 5.32 Å². The third-order valence-electron chi connectivity index (χ3n) is 6.21. The number of rotatable bonds is 8. The van der Waals surface area contributed by atoms with E-state index in [2.05, 4.69) is 17.3 Å². The first-order valence-corrected chi connectivity index (χ1v) is 11.4. The van der Waals surface area contributed by atoms with Crippen molar-refractivity contribution in [1.29, 1.82) is 0 Å². The van der Waals surface area contributed by atoms with Crippen molar-refractivity contribution in [2.45, 2.75) is 51.5 Å². The van der Waals surface area contributed by atoms with E-state index in [0.717, 1.165) is 53.8 Å². The molecule has 0 unspecified atom stereocenters. The van der Waals surface area contributed by atoms with Crippen LogP contribution in [-0.4, -0.2) is 37.0 Å². The highest BCUT2D eigenvalue weighted by Gasteiger charge is 2.29. The zero-order chi connectivity index (χ0) is 22.1. The Morgan fingerprint density at radius 2 is 2.03 bits per heavy atom. The lowest BCUT2D eigenvalue weighted by Crippen LogP contribution is -2.27. The zero-order valence-electron chi connectivity index (χ0n) is 18.5. The summed E-state index contributed by atoms with van der Waals surface area (Å²) in [6.45, 7) is 4.68. The maximum absolute atomic E-state index is 13.3. The van der Waals surface area contributed by atoms with Gasteiger partial charge in [0, 0.05) is 30.6 Å². The number of aromatic nitrogens is 5. The average Bonchev–Trinajstić information content (AvgIpc) is 3.43. The molecule has 1 aromatic carbocycles. The Morgan fingerprint density at radius 1 is 1.22 bits per heavy atom. The number of benzene rings is 1. The Bertz CT molecular complexity index is 1220. The van der Waals surface area contributed by atoms with Gasteiger partial charge in [0.2, 0.25) is 0 Å². The van der Waals surface area contributed by atoms with Gasteiger partial charge in [-0.1, -0.05) is 25.1 Å². The fourth-order valence-corrected chi connectivity index (χ4v) is 4.29. The Balaban J connectivity index is 1.45. The molecule has 1 fully saturated rings. The van der Waals surface area contributed by atoms with Crippen LogP contribution in [0.4, 0.5) is 0 Å². The number of para-hydroxylation sites is 1. The molecule has 32 heavy (non-hydrogen) atoms. The summed E-state index contributed by atoms with van der Waals surface area (Å²) in [5, 5.41) is 13.1. The van der Waals surface area contributed by atoms with E-state index in [1.54, 1.807) is 6.20 Å². The fraction of sp³-hybridized carbons (Fsp3) is 0.360. The van der Waals surface area contributed by atoms with Crippen LogP contribution in [0.1, 0.15) is 66.3 Å². The number of hydrogen-bond acceptors (Lipinski definition) is 4. The quantitative estimate of drug-likeness (QED) is 0.446. The third-order valence-corrected chi connectivity index (χ3v) is 6.21. The van der Waals surface area contributed by atoms with Gasteiger partial charge in [-0.15, -0.1) is 0 Å². The molecule has 0 spiro atoms. The van der Waals surface area contributed by atoms with Gasteiger partial charge in [-0.3, -0.25) is 9.48 Å². The Hall–Kier alpha value is -3.48. The van der Waals surface area contributed by atoms with Crippen molar-refractivity contribution >= 4 is 16.9 Å². The first-order valence-electron chi connectivity index (χ1n) is 11.4. The second kappa shape index (κ2) is 8.57. The lowest BCUT2D eigenvalue weighted by Gasteiger charge is -2.16. The largest absolute Gasteiger partial charge is 0.352 e. The van der Waals surface area contributed by atoms with E-state index in [1.807, 2.05) is 64.9 Å². The summed E-state index contributed by atoms with van der Waals surface area (Å²) < 4.78 is 3.83. The normalized spacial score (nSPS) is 14.6. The van der Waals surface area contributed by atoms with E-state index in [9.17, 15) is 4.79 Å². The standard InChI is InChI=1S/C25H28N6O/c1-3-19(30-15-7-13-27-30)12-14-26-25(32)21-16-22(18-10-11-18)28-24-23(21)17(2)29-31(24)20-8-5-4-6-9-20/h4-9,13,15-16,18-19H,3,10-12,14H2,1-2H3,(H,26,32)/t19-/m0/s1. The highest BCUT2D eigenvalue weighted by atomic mass is 16.1. The monoisotopic (exact) mass is 428 g/mol. The van der Waals surface area contributed by atoms with Gasteiger partial charge in [-0.2, -0.15) is 10.2 Å². The van der Waals surface area contributed by atoms with E-state index in [4.69, 9.17) is 10.1 Å². The number of nitrogens with zero attached hydrogens (tertiary/aromatic N) is 5. The van der Waals surface area contributed by atoms with Crippen molar-refractivity contribution < 1.29 is 4.79 Å². The number of carbonyl (C=O) groups excluding carboxylic acids is 1. The molecule has 1 amide bonds. The Morgan fingerprint density at radius 3 is 2.72 bits per heavy atom. The number of hydrogen-bond donors (Lipinski definition) is 1. The molecule has 0 aliphatic heterocycles. The highest BCUT2D eigenvalue weighted by molar-refractivity contribution is 6.06. The second-order valence-corrected chi connectivity index (χ2v) is 8.49. The molecule has 0 bridgehead atoms. The number of aryl methyl sites for hydroxylation is 1. The predicted octanol–water partition coefficient (Wildman–Crippen LogP) is 4.57. The fourth-order valence-electron chi connectivity index (χ4n) is 4.29. The van der Waals surface area contributed by atoms with Crippen LogP contribution < -0.4 is 5.32 Å². The number of fused-ring (bicyclic) bond motifs is 1. The van der Waals surface area contributed by atoms with Crippen molar-refractivity contribution in [2.24, 2.45) is 0 Å². The lowest BCUT2D eigenvalue weighted by atomic mass is 10.1. The van der Waals surface area contributed by atoms with Crippen LogP contribution in [0.5, 0.6) is 0 Å². The summed E-state index contributed by atoms with van der Waals surface area (Å²) >= 11 is 0. The zero-order valence-corrected chi connectivity index (χ0v) is 18.5. The second-order valence-electron chi connectivity index (χ2n) is 8.49. The van der Waals surface area contributed by atoms with E-state index < -0.39 is 0 Å². The molecular weight excluding hydrogens is 400 g/mol. The molecule has 4 aromatic rings. The van der Waals surface area contributed by atoms with Gasteiger partial charge in [0.25, 0.3) is 5.91 Å². The summed E-state index contributed by atoms with van der Waals surface area (Å²) in [4.78, 5) is 18.3. The van der Waals surface area contributed by atoms with Crippen LogP contribution in [0.25, 0.3) is 16.7 Å². The smallest absolute Gasteiger partial charge is 0.252 e. The Kier molecular flexibility index (Phi) is 5.47. The molecule has 1 saturated carbocycles. The van der Waals surface area contributed by atoms with Crippen LogP contribution in [0.2, 0.25) is 0 Å². The molecule has 1 atom stereocenters. The van der Waals surface area contributed by atoms with Gasteiger partial charge in [0.1, 0.15) is 0 Å². The number of amides is 1. The van der Waals surface area contributed by atoms with Gasteiger partial charge in [-0.25, -0.2) is 9.67 Å². The van der Waals surface area contributed by atoms with Crippen molar-refractivity contribution in [3.63, 3.8) is 0 Å². The SMILES string of the molecule is CC[C@@H](CCNC(=O)c1cc(C2CC2)nc2c1c(C)nn2-c1ccccc1)n1cccn1.